The van der Waals surface area contributed by atoms with Gasteiger partial charge in [0.15, 0.2) is 11.7 Å². The van der Waals surface area contributed by atoms with E-state index in [1.807, 2.05) is 11.4 Å². The van der Waals surface area contributed by atoms with E-state index < -0.39 is 0 Å². The van der Waals surface area contributed by atoms with Gasteiger partial charge in [-0.25, -0.2) is 4.98 Å². The maximum Gasteiger partial charge on any atom is 0.194 e. The van der Waals surface area contributed by atoms with Crippen molar-refractivity contribution in [2.24, 2.45) is 5.73 Å². The van der Waals surface area contributed by atoms with Crippen LogP contribution in [0.3, 0.4) is 0 Å². The molecule has 2 aromatic rings. The summed E-state index contributed by atoms with van der Waals surface area (Å²) in [6, 6.07) is 1.92. The van der Waals surface area contributed by atoms with E-state index in [4.69, 9.17) is 14.9 Å². The first-order chi connectivity index (χ1) is 7.85. The number of nitrogens with zero attached hydrogens (tertiary/aromatic N) is 1. The van der Waals surface area contributed by atoms with Gasteiger partial charge in [0.1, 0.15) is 10.6 Å². The second kappa shape index (κ2) is 5.14. The number of hydrogen-bond donors (Lipinski definition) is 1. The molecule has 0 aliphatic heterocycles. The Morgan fingerprint density at radius 1 is 1.56 bits per heavy atom. The SMILES string of the molecule is COc1ccsc1-c1cnc(CCCN)o1. The van der Waals surface area contributed by atoms with Crippen molar-refractivity contribution in [3.8, 4) is 16.4 Å². The average Bonchev–Trinajstić information content (AvgIpc) is 2.94. The van der Waals surface area contributed by atoms with E-state index in [1.54, 1.807) is 24.6 Å². The maximum absolute atomic E-state index is 5.64. The van der Waals surface area contributed by atoms with Gasteiger partial charge < -0.3 is 14.9 Å². The van der Waals surface area contributed by atoms with Crippen LogP contribution in [0, 0.1) is 0 Å². The Morgan fingerprint density at radius 2 is 2.44 bits per heavy atom. The van der Waals surface area contributed by atoms with Crippen LogP contribution in [0.5, 0.6) is 5.75 Å². The third kappa shape index (κ3) is 2.25. The summed E-state index contributed by atoms with van der Waals surface area (Å²) in [5.41, 5.74) is 5.44. The van der Waals surface area contributed by atoms with Gasteiger partial charge in [-0.05, 0) is 24.4 Å². The molecule has 0 radical (unpaired) electrons. The lowest BCUT2D eigenvalue weighted by Crippen LogP contribution is -2.00. The molecule has 0 amide bonds. The lowest BCUT2D eigenvalue weighted by molar-refractivity contribution is 0.415. The van der Waals surface area contributed by atoms with E-state index in [1.165, 1.54) is 0 Å². The number of rotatable bonds is 5. The number of aromatic nitrogens is 1. The van der Waals surface area contributed by atoms with Crippen molar-refractivity contribution >= 4 is 11.3 Å². The first-order valence-electron chi connectivity index (χ1n) is 5.11. The highest BCUT2D eigenvalue weighted by atomic mass is 32.1. The fourth-order valence-electron chi connectivity index (χ4n) is 1.42. The molecule has 16 heavy (non-hydrogen) atoms. The van der Waals surface area contributed by atoms with Crippen molar-refractivity contribution in [3.63, 3.8) is 0 Å². The molecular formula is C11H14N2O2S. The Morgan fingerprint density at radius 3 is 3.19 bits per heavy atom. The van der Waals surface area contributed by atoms with E-state index in [0.29, 0.717) is 6.54 Å². The van der Waals surface area contributed by atoms with Crippen molar-refractivity contribution in [2.75, 3.05) is 13.7 Å². The lowest BCUT2D eigenvalue weighted by atomic mass is 10.3. The summed E-state index contributed by atoms with van der Waals surface area (Å²) in [7, 11) is 1.65. The zero-order chi connectivity index (χ0) is 11.4. The molecule has 0 unspecified atom stereocenters. The molecule has 0 atom stereocenters. The zero-order valence-corrected chi connectivity index (χ0v) is 9.92. The topological polar surface area (TPSA) is 61.3 Å². The zero-order valence-electron chi connectivity index (χ0n) is 9.10. The number of ether oxygens (including phenoxy) is 1. The van der Waals surface area contributed by atoms with Gasteiger partial charge >= 0.3 is 0 Å². The Labute approximate surface area is 98.1 Å². The number of thiophene rings is 1. The Kier molecular flexibility index (Phi) is 3.58. The minimum Gasteiger partial charge on any atom is -0.495 e. The van der Waals surface area contributed by atoms with Crippen LogP contribution in [0.15, 0.2) is 22.1 Å². The Balaban J connectivity index is 2.18. The molecule has 0 aromatic carbocycles. The first-order valence-corrected chi connectivity index (χ1v) is 5.99. The molecule has 0 aliphatic rings. The smallest absolute Gasteiger partial charge is 0.194 e. The predicted octanol–water partition coefficient (Wildman–Crippen LogP) is 2.30. The van der Waals surface area contributed by atoms with Crippen molar-refractivity contribution < 1.29 is 9.15 Å². The van der Waals surface area contributed by atoms with Gasteiger partial charge in [-0.3, -0.25) is 0 Å². The molecule has 2 heterocycles. The monoisotopic (exact) mass is 238 g/mol. The molecular weight excluding hydrogens is 224 g/mol. The van der Waals surface area contributed by atoms with Crippen molar-refractivity contribution in [1.29, 1.82) is 0 Å². The summed E-state index contributed by atoms with van der Waals surface area (Å²) < 4.78 is 10.9. The summed E-state index contributed by atoms with van der Waals surface area (Å²) in [5, 5.41) is 1.97. The number of methoxy groups -OCH3 is 1. The fraction of sp³-hybridized carbons (Fsp3) is 0.364. The average molecular weight is 238 g/mol. The van der Waals surface area contributed by atoms with E-state index in [2.05, 4.69) is 4.98 Å². The van der Waals surface area contributed by atoms with E-state index in [9.17, 15) is 0 Å². The number of nitrogens with two attached hydrogens (primary N) is 1. The first kappa shape index (κ1) is 11.2. The Hall–Kier alpha value is -1.33. The van der Waals surface area contributed by atoms with Crippen molar-refractivity contribution in [3.05, 3.63) is 23.5 Å². The molecule has 4 nitrogen and oxygen atoms in total. The lowest BCUT2D eigenvalue weighted by Gasteiger charge is -1.97. The maximum atomic E-state index is 5.64. The summed E-state index contributed by atoms with van der Waals surface area (Å²) >= 11 is 1.58. The van der Waals surface area contributed by atoms with Crippen LogP contribution >= 0.6 is 11.3 Å². The molecule has 2 N–H and O–H groups in total. The van der Waals surface area contributed by atoms with Gasteiger partial charge in [-0.2, -0.15) is 0 Å². The number of aryl methyl sites for hydroxylation is 1. The third-order valence-electron chi connectivity index (χ3n) is 2.22. The van der Waals surface area contributed by atoms with Crippen LogP contribution in [0.25, 0.3) is 10.6 Å². The van der Waals surface area contributed by atoms with Crippen LogP contribution in [0.1, 0.15) is 12.3 Å². The van der Waals surface area contributed by atoms with Crippen LogP contribution in [-0.2, 0) is 6.42 Å². The van der Waals surface area contributed by atoms with Gasteiger partial charge in [-0.1, -0.05) is 0 Å². The van der Waals surface area contributed by atoms with E-state index in [0.717, 1.165) is 35.1 Å². The quantitative estimate of drug-likeness (QED) is 0.868. The largest absolute Gasteiger partial charge is 0.495 e. The van der Waals surface area contributed by atoms with Crippen molar-refractivity contribution in [2.45, 2.75) is 12.8 Å². The van der Waals surface area contributed by atoms with E-state index in [-0.39, 0.29) is 0 Å². The Bertz CT molecular complexity index is 450. The van der Waals surface area contributed by atoms with Crippen LogP contribution < -0.4 is 10.5 Å². The summed E-state index contributed by atoms with van der Waals surface area (Å²) in [5.74, 6) is 2.32. The third-order valence-corrected chi connectivity index (χ3v) is 3.13. The van der Waals surface area contributed by atoms with Crippen LogP contribution in [0.4, 0.5) is 0 Å². The molecule has 2 aromatic heterocycles. The number of oxazole rings is 1. The van der Waals surface area contributed by atoms with E-state index >= 15 is 0 Å². The highest BCUT2D eigenvalue weighted by molar-refractivity contribution is 7.13. The predicted molar refractivity (Wildman–Crippen MR) is 63.7 cm³/mol. The van der Waals surface area contributed by atoms with Gasteiger partial charge in [0, 0.05) is 6.42 Å². The fourth-order valence-corrected chi connectivity index (χ4v) is 2.23. The van der Waals surface area contributed by atoms with Crippen LogP contribution in [0.2, 0.25) is 0 Å². The van der Waals surface area contributed by atoms with Crippen LogP contribution in [-0.4, -0.2) is 18.6 Å². The van der Waals surface area contributed by atoms with Gasteiger partial charge in [0.2, 0.25) is 0 Å². The summed E-state index contributed by atoms with van der Waals surface area (Å²) in [6.07, 6.45) is 3.41. The molecule has 0 bridgehead atoms. The minimum absolute atomic E-state index is 0.653. The summed E-state index contributed by atoms with van der Waals surface area (Å²) in [4.78, 5) is 5.19. The molecule has 0 saturated carbocycles. The normalized spacial score (nSPS) is 10.6. The molecule has 86 valence electrons. The molecule has 0 fully saturated rings. The molecule has 0 aliphatic carbocycles. The van der Waals surface area contributed by atoms with Gasteiger partial charge in [-0.15, -0.1) is 11.3 Å². The second-order valence-electron chi connectivity index (χ2n) is 3.33. The second-order valence-corrected chi connectivity index (χ2v) is 4.24. The molecule has 0 saturated heterocycles. The van der Waals surface area contributed by atoms with Gasteiger partial charge in [0.05, 0.1) is 13.3 Å². The summed E-state index contributed by atoms with van der Waals surface area (Å²) in [6.45, 7) is 0.653. The molecule has 2 rings (SSSR count). The minimum atomic E-state index is 0.653. The molecule has 0 spiro atoms. The standard InChI is InChI=1S/C11H14N2O2S/c1-14-8-4-6-16-11(8)9-7-13-10(15-9)3-2-5-12/h4,6-7H,2-3,5,12H2,1H3. The highest BCUT2D eigenvalue weighted by Crippen LogP contribution is 2.35. The molecule has 5 heteroatoms. The highest BCUT2D eigenvalue weighted by Gasteiger charge is 2.12. The van der Waals surface area contributed by atoms with Gasteiger partial charge in [0.25, 0.3) is 0 Å². The number of hydrogen-bond acceptors (Lipinski definition) is 5. The van der Waals surface area contributed by atoms with Crippen molar-refractivity contribution in [1.82, 2.24) is 4.98 Å².